The number of benzene rings is 1. The summed E-state index contributed by atoms with van der Waals surface area (Å²) in [6.07, 6.45) is 1.46. The van der Waals surface area contributed by atoms with Crippen molar-refractivity contribution in [3.8, 4) is 11.3 Å². The smallest absolute Gasteiger partial charge is 0.194 e. The first-order chi connectivity index (χ1) is 7.18. The van der Waals surface area contributed by atoms with Gasteiger partial charge in [-0.3, -0.25) is 4.98 Å². The van der Waals surface area contributed by atoms with Crippen molar-refractivity contribution in [3.63, 3.8) is 0 Å². The molecule has 15 heavy (non-hydrogen) atoms. The van der Waals surface area contributed by atoms with Gasteiger partial charge in [0.05, 0.1) is 5.69 Å². The second-order valence-corrected chi connectivity index (χ2v) is 2.88. The Balaban J connectivity index is 2.56. The minimum atomic E-state index is -1.48. The van der Waals surface area contributed by atoms with Crippen LogP contribution in [0.15, 0.2) is 30.5 Å². The standard InChI is InChI=1S/C11H5F3N/c12-8-5-7(6-9(13)11(8)14)10-3-1-2-4-15-10/h1-2,4-6H. The van der Waals surface area contributed by atoms with E-state index in [2.05, 4.69) is 11.1 Å². The molecule has 0 atom stereocenters. The lowest BCUT2D eigenvalue weighted by Gasteiger charge is -2.01. The lowest BCUT2D eigenvalue weighted by molar-refractivity contribution is 0.447. The molecular weight excluding hydrogens is 203 g/mol. The zero-order valence-electron chi connectivity index (χ0n) is 7.47. The molecule has 0 amide bonds. The molecule has 0 aliphatic heterocycles. The highest BCUT2D eigenvalue weighted by Crippen LogP contribution is 2.21. The van der Waals surface area contributed by atoms with E-state index < -0.39 is 17.5 Å². The highest BCUT2D eigenvalue weighted by atomic mass is 19.2. The summed E-state index contributed by atoms with van der Waals surface area (Å²) >= 11 is 0. The highest BCUT2D eigenvalue weighted by molar-refractivity contribution is 5.58. The van der Waals surface area contributed by atoms with Crippen LogP contribution in [0.2, 0.25) is 0 Å². The van der Waals surface area contributed by atoms with Crippen molar-refractivity contribution in [3.05, 3.63) is 54.0 Å². The average Bonchev–Trinajstić information content (AvgIpc) is 2.26. The molecule has 1 aromatic heterocycles. The van der Waals surface area contributed by atoms with Gasteiger partial charge in [0.25, 0.3) is 0 Å². The van der Waals surface area contributed by atoms with Gasteiger partial charge in [-0.1, -0.05) is 6.07 Å². The minimum absolute atomic E-state index is 0.159. The monoisotopic (exact) mass is 208 g/mol. The maximum absolute atomic E-state index is 12.9. The Hall–Kier alpha value is -1.84. The fourth-order valence-electron chi connectivity index (χ4n) is 1.18. The molecule has 0 fully saturated rings. The number of nitrogens with zero attached hydrogens (tertiary/aromatic N) is 1. The van der Waals surface area contributed by atoms with E-state index in [0.29, 0.717) is 0 Å². The van der Waals surface area contributed by atoms with E-state index in [4.69, 9.17) is 0 Å². The Morgan fingerprint density at radius 2 is 1.73 bits per heavy atom. The van der Waals surface area contributed by atoms with Gasteiger partial charge in [-0.2, -0.15) is 0 Å². The summed E-state index contributed by atoms with van der Waals surface area (Å²) in [7, 11) is 0. The normalized spacial score (nSPS) is 10.3. The van der Waals surface area contributed by atoms with Crippen molar-refractivity contribution < 1.29 is 13.2 Å². The third-order valence-corrected chi connectivity index (χ3v) is 1.86. The van der Waals surface area contributed by atoms with Crippen LogP contribution in [0.1, 0.15) is 0 Å². The highest BCUT2D eigenvalue weighted by Gasteiger charge is 2.11. The summed E-state index contributed by atoms with van der Waals surface area (Å²) in [6, 6.07) is 7.65. The number of pyridine rings is 1. The Bertz CT molecular complexity index is 459. The van der Waals surface area contributed by atoms with Crippen molar-refractivity contribution in [2.75, 3.05) is 0 Å². The molecule has 0 N–H and O–H groups in total. The summed E-state index contributed by atoms with van der Waals surface area (Å²) < 4.78 is 38.4. The fourth-order valence-corrected chi connectivity index (χ4v) is 1.18. The molecule has 0 unspecified atom stereocenters. The van der Waals surface area contributed by atoms with Crippen molar-refractivity contribution in [2.45, 2.75) is 0 Å². The Labute approximate surface area is 84.2 Å². The molecular formula is C11H5F3N. The fraction of sp³-hybridized carbons (Fsp3) is 0. The van der Waals surface area contributed by atoms with Gasteiger partial charge in [0.1, 0.15) is 0 Å². The van der Waals surface area contributed by atoms with E-state index in [1.54, 1.807) is 12.1 Å². The summed E-state index contributed by atoms with van der Waals surface area (Å²) in [5, 5.41) is 0. The van der Waals surface area contributed by atoms with Crippen LogP contribution in [0.5, 0.6) is 0 Å². The maximum atomic E-state index is 12.9. The molecule has 1 nitrogen and oxygen atoms in total. The molecule has 0 saturated heterocycles. The lowest BCUT2D eigenvalue weighted by atomic mass is 10.1. The number of rotatable bonds is 1. The molecule has 1 radical (unpaired) electrons. The van der Waals surface area contributed by atoms with E-state index in [1.807, 2.05) is 0 Å². The average molecular weight is 208 g/mol. The van der Waals surface area contributed by atoms with Crippen LogP contribution in [-0.4, -0.2) is 4.98 Å². The molecule has 1 heterocycles. The van der Waals surface area contributed by atoms with E-state index in [0.717, 1.165) is 12.1 Å². The number of aromatic nitrogens is 1. The predicted octanol–water partition coefficient (Wildman–Crippen LogP) is 2.97. The van der Waals surface area contributed by atoms with E-state index in [9.17, 15) is 13.2 Å². The van der Waals surface area contributed by atoms with E-state index >= 15 is 0 Å². The van der Waals surface area contributed by atoms with Crippen molar-refractivity contribution in [1.82, 2.24) is 4.98 Å². The van der Waals surface area contributed by atoms with Gasteiger partial charge >= 0.3 is 0 Å². The topological polar surface area (TPSA) is 12.9 Å². The van der Waals surface area contributed by atoms with Gasteiger partial charge in [0.2, 0.25) is 0 Å². The summed E-state index contributed by atoms with van der Waals surface area (Å²) in [5.74, 6) is -3.94. The van der Waals surface area contributed by atoms with Crippen molar-refractivity contribution in [1.29, 1.82) is 0 Å². The molecule has 0 saturated carbocycles. The van der Waals surface area contributed by atoms with Crippen LogP contribution < -0.4 is 0 Å². The van der Waals surface area contributed by atoms with Crippen LogP contribution in [0.4, 0.5) is 13.2 Å². The van der Waals surface area contributed by atoms with Crippen molar-refractivity contribution >= 4 is 0 Å². The Morgan fingerprint density at radius 3 is 2.27 bits per heavy atom. The van der Waals surface area contributed by atoms with Gasteiger partial charge in [0.15, 0.2) is 17.5 Å². The number of hydrogen-bond donors (Lipinski definition) is 0. The van der Waals surface area contributed by atoms with E-state index in [1.165, 1.54) is 6.20 Å². The van der Waals surface area contributed by atoms with Gasteiger partial charge in [-0.15, -0.1) is 0 Å². The molecule has 0 spiro atoms. The largest absolute Gasteiger partial charge is 0.256 e. The summed E-state index contributed by atoms with van der Waals surface area (Å²) in [4.78, 5) is 3.85. The molecule has 2 aromatic rings. The maximum Gasteiger partial charge on any atom is 0.194 e. The molecule has 75 valence electrons. The van der Waals surface area contributed by atoms with Crippen molar-refractivity contribution in [2.24, 2.45) is 0 Å². The molecule has 1 aromatic carbocycles. The second kappa shape index (κ2) is 3.73. The first-order valence-electron chi connectivity index (χ1n) is 4.16. The van der Waals surface area contributed by atoms with Crippen LogP contribution >= 0.6 is 0 Å². The van der Waals surface area contributed by atoms with Crippen LogP contribution in [-0.2, 0) is 0 Å². The SMILES string of the molecule is Fc1cc(-c2[c]cccn2)cc(F)c1F. The molecule has 0 aliphatic carbocycles. The van der Waals surface area contributed by atoms with Gasteiger partial charge in [-0.25, -0.2) is 13.2 Å². The van der Waals surface area contributed by atoms with Crippen LogP contribution in [0.25, 0.3) is 11.3 Å². The molecule has 0 bridgehead atoms. The first-order valence-corrected chi connectivity index (χ1v) is 4.16. The summed E-state index contributed by atoms with van der Waals surface area (Å²) in [5.41, 5.74) is 0.433. The molecule has 4 heteroatoms. The Kier molecular flexibility index (Phi) is 2.41. The van der Waals surface area contributed by atoms with Gasteiger partial charge in [-0.05, 0) is 18.2 Å². The lowest BCUT2D eigenvalue weighted by Crippen LogP contribution is -1.92. The van der Waals surface area contributed by atoms with Crippen LogP contribution in [0.3, 0.4) is 0 Å². The van der Waals surface area contributed by atoms with Crippen LogP contribution in [0, 0.1) is 23.5 Å². The quantitative estimate of drug-likeness (QED) is 0.656. The Morgan fingerprint density at radius 1 is 1.07 bits per heavy atom. The van der Waals surface area contributed by atoms with E-state index in [-0.39, 0.29) is 11.3 Å². The first kappa shape index (κ1) is 9.71. The molecule has 0 aliphatic rings. The molecule has 2 rings (SSSR count). The number of hydrogen-bond acceptors (Lipinski definition) is 1. The zero-order chi connectivity index (χ0) is 10.8. The second-order valence-electron chi connectivity index (χ2n) is 2.88. The third-order valence-electron chi connectivity index (χ3n) is 1.86. The predicted molar refractivity (Wildman–Crippen MR) is 48.4 cm³/mol. The van der Waals surface area contributed by atoms with Gasteiger partial charge < -0.3 is 0 Å². The number of halogens is 3. The third kappa shape index (κ3) is 1.83. The van der Waals surface area contributed by atoms with Gasteiger partial charge in [0, 0.05) is 17.8 Å². The zero-order valence-corrected chi connectivity index (χ0v) is 7.47. The minimum Gasteiger partial charge on any atom is -0.256 e. The summed E-state index contributed by atoms with van der Waals surface area (Å²) in [6.45, 7) is 0.